The molecule has 0 aromatic carbocycles. The van der Waals surface area contributed by atoms with Crippen molar-refractivity contribution < 1.29 is 0 Å². The number of thioether (sulfide) groups is 1. The summed E-state index contributed by atoms with van der Waals surface area (Å²) in [7, 11) is 0. The molecule has 0 spiro atoms. The molecule has 0 aromatic heterocycles. The van der Waals surface area contributed by atoms with Crippen LogP contribution in [0.1, 0.15) is 20.8 Å². The summed E-state index contributed by atoms with van der Waals surface area (Å²) in [6.07, 6.45) is 1.78. The van der Waals surface area contributed by atoms with Crippen molar-refractivity contribution in [3.8, 4) is 11.8 Å². The number of guanidine groups is 1. The Balaban J connectivity index is 2.24. The van der Waals surface area contributed by atoms with Gasteiger partial charge in [0.1, 0.15) is 6.04 Å². The molecule has 17 heavy (non-hydrogen) atoms. The van der Waals surface area contributed by atoms with Crippen LogP contribution in [-0.2, 0) is 0 Å². The molecule has 0 saturated heterocycles. The van der Waals surface area contributed by atoms with Gasteiger partial charge in [0, 0.05) is 5.54 Å². The first kappa shape index (κ1) is 12.3. The summed E-state index contributed by atoms with van der Waals surface area (Å²) in [5, 5.41) is 4.16. The molecule has 2 aliphatic rings. The van der Waals surface area contributed by atoms with Gasteiger partial charge in [-0.3, -0.25) is 5.32 Å². The maximum Gasteiger partial charge on any atom is 0.221 e. The number of nitrogens with zero attached hydrogens (tertiary/aromatic N) is 3. The van der Waals surface area contributed by atoms with Crippen LogP contribution in [0.3, 0.4) is 0 Å². The van der Waals surface area contributed by atoms with E-state index in [4.69, 9.17) is 5.73 Å². The molecule has 0 aromatic rings. The Labute approximate surface area is 106 Å². The maximum absolute atomic E-state index is 5.73. The minimum atomic E-state index is -0.206. The van der Waals surface area contributed by atoms with E-state index in [2.05, 4.69) is 52.8 Å². The Kier molecular flexibility index (Phi) is 3.06. The first-order valence-electron chi connectivity index (χ1n) is 5.44. The zero-order valence-electron chi connectivity index (χ0n) is 10.5. The average Bonchev–Trinajstić information content (AvgIpc) is 2.98. The third-order valence-electron chi connectivity index (χ3n) is 2.43. The fraction of sp³-hybridized carbons (Fsp3) is 0.636. The number of nitrogens with one attached hydrogen (secondary N) is 1. The lowest BCUT2D eigenvalue weighted by molar-refractivity contribution is 0.156. The van der Waals surface area contributed by atoms with Gasteiger partial charge >= 0.3 is 0 Å². The maximum atomic E-state index is 5.73. The molecule has 5 nitrogen and oxygen atoms in total. The first-order chi connectivity index (χ1) is 7.91. The quantitative estimate of drug-likeness (QED) is 0.697. The van der Waals surface area contributed by atoms with Gasteiger partial charge in [-0.05, 0) is 27.0 Å². The van der Waals surface area contributed by atoms with Gasteiger partial charge in [-0.25, -0.2) is 4.99 Å². The van der Waals surface area contributed by atoms with E-state index in [1.807, 2.05) is 6.26 Å². The zero-order valence-corrected chi connectivity index (χ0v) is 11.3. The summed E-state index contributed by atoms with van der Waals surface area (Å²) in [5.74, 6) is 6.23. The average molecular weight is 251 g/mol. The van der Waals surface area contributed by atoms with Gasteiger partial charge in [0.25, 0.3) is 0 Å². The Morgan fingerprint density at radius 1 is 1.41 bits per heavy atom. The highest BCUT2D eigenvalue weighted by Crippen LogP contribution is 2.24. The van der Waals surface area contributed by atoms with E-state index in [9.17, 15) is 0 Å². The predicted octanol–water partition coefficient (Wildman–Crippen LogP) is 0.393. The van der Waals surface area contributed by atoms with Crippen LogP contribution in [-0.4, -0.2) is 40.2 Å². The van der Waals surface area contributed by atoms with Crippen molar-refractivity contribution in [2.45, 2.75) is 38.6 Å². The Bertz CT molecular complexity index is 429. The normalized spacial score (nSPS) is 23.8. The number of aliphatic imine (C=N–C) groups is 2. The van der Waals surface area contributed by atoms with Crippen LogP contribution in [0.5, 0.6) is 0 Å². The third kappa shape index (κ3) is 2.73. The van der Waals surface area contributed by atoms with E-state index < -0.39 is 0 Å². The highest BCUT2D eigenvalue weighted by molar-refractivity contribution is 8.13. The van der Waals surface area contributed by atoms with Gasteiger partial charge in [0.05, 0.1) is 0 Å². The molecule has 1 aliphatic carbocycles. The highest BCUT2D eigenvalue weighted by atomic mass is 32.2. The van der Waals surface area contributed by atoms with Crippen LogP contribution in [0.2, 0.25) is 0 Å². The molecule has 0 amide bonds. The molecule has 1 atom stereocenters. The summed E-state index contributed by atoms with van der Waals surface area (Å²) in [4.78, 5) is 10.7. The molecule has 92 valence electrons. The fourth-order valence-electron chi connectivity index (χ4n) is 1.65. The van der Waals surface area contributed by atoms with Gasteiger partial charge in [0.15, 0.2) is 11.5 Å². The summed E-state index contributed by atoms with van der Waals surface area (Å²) < 4.78 is 0. The molecular weight excluding hydrogens is 234 g/mol. The monoisotopic (exact) mass is 251 g/mol. The van der Waals surface area contributed by atoms with Crippen LogP contribution in [0.15, 0.2) is 9.98 Å². The second-order valence-electron chi connectivity index (χ2n) is 4.89. The third-order valence-corrected chi connectivity index (χ3v) is 3.08. The Morgan fingerprint density at radius 2 is 2.06 bits per heavy atom. The molecule has 2 rings (SSSR count). The van der Waals surface area contributed by atoms with Crippen LogP contribution in [0, 0.1) is 11.8 Å². The largest absolute Gasteiger partial charge is 0.368 e. The molecule has 1 heterocycles. The lowest BCUT2D eigenvalue weighted by Gasteiger charge is -2.43. The van der Waals surface area contributed by atoms with Crippen molar-refractivity contribution in [1.82, 2.24) is 10.2 Å². The van der Waals surface area contributed by atoms with E-state index in [1.54, 1.807) is 11.8 Å². The molecule has 0 radical (unpaired) electrons. The smallest absolute Gasteiger partial charge is 0.221 e. The van der Waals surface area contributed by atoms with Crippen LogP contribution < -0.4 is 11.1 Å². The molecular formula is C11H17N5S. The molecule has 6 heteroatoms. The fourth-order valence-corrected chi connectivity index (χ4v) is 2.41. The summed E-state index contributed by atoms with van der Waals surface area (Å²) >= 11 is 1.57. The molecule has 0 fully saturated rings. The second-order valence-corrected chi connectivity index (χ2v) is 5.66. The van der Waals surface area contributed by atoms with Crippen molar-refractivity contribution in [1.29, 1.82) is 0 Å². The highest BCUT2D eigenvalue weighted by Gasteiger charge is 2.35. The van der Waals surface area contributed by atoms with Crippen molar-refractivity contribution >= 4 is 22.9 Å². The minimum Gasteiger partial charge on any atom is -0.368 e. The summed E-state index contributed by atoms with van der Waals surface area (Å²) in [6, 6.07) is 0.0857. The van der Waals surface area contributed by atoms with Crippen LogP contribution >= 0.6 is 11.8 Å². The van der Waals surface area contributed by atoms with Crippen molar-refractivity contribution in [2.24, 2.45) is 15.7 Å². The van der Waals surface area contributed by atoms with E-state index >= 15 is 0 Å². The number of amidine groups is 1. The predicted molar refractivity (Wildman–Crippen MR) is 72.7 cm³/mol. The number of hydrogen-bond donors (Lipinski definition) is 2. The Hall–Kier alpha value is -1.19. The first-order valence-corrected chi connectivity index (χ1v) is 6.66. The molecule has 1 unspecified atom stereocenters. The van der Waals surface area contributed by atoms with Gasteiger partial charge in [0.2, 0.25) is 5.96 Å². The standard InChI is InChI=1S/C11H17N5S/c1-11(2,3)16-9(13-7-5-6-7)14-8(12)15-10(16)17-4/h7,9,13H,1-4H3,(H2,12,14). The minimum absolute atomic E-state index is 0.0847. The van der Waals surface area contributed by atoms with Crippen LogP contribution in [0.4, 0.5) is 0 Å². The molecule has 3 N–H and O–H groups in total. The van der Waals surface area contributed by atoms with Crippen LogP contribution in [0.25, 0.3) is 0 Å². The van der Waals surface area contributed by atoms with Gasteiger partial charge < -0.3 is 10.6 Å². The van der Waals surface area contributed by atoms with Gasteiger partial charge in [-0.2, -0.15) is 4.99 Å². The topological polar surface area (TPSA) is 66.0 Å². The SMILES string of the molecule is CSC1=NC(N)=NC(NC2C#C2)N1C(C)(C)C. The molecule has 0 saturated carbocycles. The second kappa shape index (κ2) is 4.24. The van der Waals surface area contributed by atoms with Crippen molar-refractivity contribution in [2.75, 3.05) is 6.26 Å². The Morgan fingerprint density at radius 3 is 2.53 bits per heavy atom. The van der Waals surface area contributed by atoms with E-state index in [0.717, 1.165) is 5.17 Å². The zero-order chi connectivity index (χ0) is 12.6. The lowest BCUT2D eigenvalue weighted by Crippen LogP contribution is -2.58. The van der Waals surface area contributed by atoms with Crippen molar-refractivity contribution in [3.63, 3.8) is 0 Å². The van der Waals surface area contributed by atoms with Crippen molar-refractivity contribution in [3.05, 3.63) is 0 Å². The van der Waals surface area contributed by atoms with Gasteiger partial charge in [-0.15, -0.1) is 0 Å². The molecule has 1 aliphatic heterocycles. The number of rotatable bonds is 2. The van der Waals surface area contributed by atoms with E-state index in [-0.39, 0.29) is 17.9 Å². The molecule has 0 bridgehead atoms. The van der Waals surface area contributed by atoms with E-state index in [1.165, 1.54) is 0 Å². The van der Waals surface area contributed by atoms with Gasteiger partial charge in [-0.1, -0.05) is 23.6 Å². The number of nitrogens with two attached hydrogens (primary N) is 1. The van der Waals surface area contributed by atoms with E-state index in [0.29, 0.717) is 5.96 Å². The summed E-state index contributed by atoms with van der Waals surface area (Å²) in [6.45, 7) is 6.37. The number of hydrogen-bond acceptors (Lipinski definition) is 6. The lowest BCUT2D eigenvalue weighted by atomic mass is 10.1. The summed E-state index contributed by atoms with van der Waals surface area (Å²) in [5.41, 5.74) is 5.65.